The average Bonchev–Trinajstić information content (AvgIpc) is 2.96. The number of carbonyl (C=O) groups excluding carboxylic acids is 1. The topological polar surface area (TPSA) is 33.2 Å². The van der Waals surface area contributed by atoms with Crippen LogP contribution in [0.4, 0.5) is 0 Å². The first-order chi connectivity index (χ1) is 9.75. The molecular weight excluding hydrogens is 288 g/mol. The van der Waals surface area contributed by atoms with Crippen molar-refractivity contribution in [2.45, 2.75) is 24.8 Å². The zero-order chi connectivity index (χ0) is 14.2. The zero-order valence-corrected chi connectivity index (χ0v) is 13.1. The van der Waals surface area contributed by atoms with E-state index in [4.69, 9.17) is 0 Å². The summed E-state index contributed by atoms with van der Waals surface area (Å²) in [4.78, 5) is 20.0. The van der Waals surface area contributed by atoms with Gasteiger partial charge in [-0.3, -0.25) is 9.78 Å². The Kier molecular flexibility index (Phi) is 6.08. The average molecular weight is 306 g/mol. The van der Waals surface area contributed by atoms with Crippen LogP contribution in [0.5, 0.6) is 0 Å². The molecule has 0 N–H and O–H groups in total. The molecule has 0 bridgehead atoms. The number of pyridine rings is 1. The Hall–Kier alpha value is -1.33. The summed E-state index contributed by atoms with van der Waals surface area (Å²) in [7, 11) is 0. The van der Waals surface area contributed by atoms with Gasteiger partial charge in [-0.1, -0.05) is 6.07 Å². The predicted octanol–water partition coefficient (Wildman–Crippen LogP) is 3.67. The third-order valence-electron chi connectivity index (χ3n) is 2.86. The number of hydrogen-bond donors (Lipinski definition) is 0. The summed E-state index contributed by atoms with van der Waals surface area (Å²) >= 11 is 3.51. The number of rotatable bonds is 7. The van der Waals surface area contributed by atoms with E-state index in [9.17, 15) is 4.79 Å². The van der Waals surface area contributed by atoms with Crippen LogP contribution in [0.1, 0.15) is 18.2 Å². The van der Waals surface area contributed by atoms with Gasteiger partial charge in [-0.05, 0) is 35.8 Å². The van der Waals surface area contributed by atoms with Crippen LogP contribution < -0.4 is 0 Å². The van der Waals surface area contributed by atoms with E-state index in [-0.39, 0.29) is 5.91 Å². The fourth-order valence-electron chi connectivity index (χ4n) is 1.82. The molecule has 1 amide bonds. The third-order valence-corrected chi connectivity index (χ3v) is 4.82. The molecule has 0 saturated heterocycles. The highest BCUT2D eigenvalue weighted by Crippen LogP contribution is 2.18. The van der Waals surface area contributed by atoms with Gasteiger partial charge < -0.3 is 4.90 Å². The van der Waals surface area contributed by atoms with Crippen molar-refractivity contribution in [3.63, 3.8) is 0 Å². The Bertz CT molecular complexity index is 514. The summed E-state index contributed by atoms with van der Waals surface area (Å²) in [5, 5.41) is 2.05. The lowest BCUT2D eigenvalue weighted by molar-refractivity contribution is -0.129. The molecule has 3 nitrogen and oxygen atoms in total. The first-order valence-electron chi connectivity index (χ1n) is 6.56. The van der Waals surface area contributed by atoms with E-state index in [0.717, 1.165) is 25.3 Å². The highest BCUT2D eigenvalue weighted by molar-refractivity contribution is 7.99. The first kappa shape index (κ1) is 15.1. The molecule has 0 spiro atoms. The van der Waals surface area contributed by atoms with Crippen molar-refractivity contribution >= 4 is 29.0 Å². The monoisotopic (exact) mass is 306 g/mol. The molecule has 0 aliphatic rings. The molecule has 0 radical (unpaired) electrons. The number of thiophene rings is 1. The van der Waals surface area contributed by atoms with Crippen molar-refractivity contribution in [3.05, 3.63) is 46.9 Å². The molecule has 0 fully saturated rings. The predicted molar refractivity (Wildman–Crippen MR) is 85.0 cm³/mol. The van der Waals surface area contributed by atoms with E-state index in [2.05, 4.69) is 11.1 Å². The van der Waals surface area contributed by atoms with Crippen molar-refractivity contribution in [3.8, 4) is 0 Å². The van der Waals surface area contributed by atoms with Gasteiger partial charge in [-0.25, -0.2) is 0 Å². The van der Waals surface area contributed by atoms with E-state index in [1.165, 1.54) is 9.77 Å². The molecule has 0 unspecified atom stereocenters. The summed E-state index contributed by atoms with van der Waals surface area (Å²) in [6.45, 7) is 3.18. The summed E-state index contributed by atoms with van der Waals surface area (Å²) in [6, 6.07) is 8.13. The van der Waals surface area contributed by atoms with Crippen LogP contribution in [0.15, 0.2) is 46.9 Å². The molecule has 2 rings (SSSR count). The van der Waals surface area contributed by atoms with Crippen LogP contribution in [0.3, 0.4) is 0 Å². The fraction of sp³-hybridized carbons (Fsp3) is 0.333. The van der Waals surface area contributed by atoms with E-state index < -0.39 is 0 Å². The van der Waals surface area contributed by atoms with Crippen molar-refractivity contribution < 1.29 is 4.79 Å². The van der Waals surface area contributed by atoms with Gasteiger partial charge >= 0.3 is 0 Å². The van der Waals surface area contributed by atoms with E-state index in [1.807, 2.05) is 28.5 Å². The highest BCUT2D eigenvalue weighted by Gasteiger charge is 2.09. The normalized spacial score (nSPS) is 10.4. The first-order valence-corrected chi connectivity index (χ1v) is 8.43. The van der Waals surface area contributed by atoms with Gasteiger partial charge in [0, 0.05) is 35.6 Å². The largest absolute Gasteiger partial charge is 0.338 e. The molecular formula is C15H18N2OS2. The van der Waals surface area contributed by atoms with Crippen molar-refractivity contribution in [2.75, 3.05) is 12.3 Å². The Morgan fingerprint density at radius 3 is 2.80 bits per heavy atom. The minimum atomic E-state index is 0.146. The second-order valence-electron chi connectivity index (χ2n) is 4.40. The van der Waals surface area contributed by atoms with E-state index >= 15 is 0 Å². The number of carbonyl (C=O) groups is 1. The maximum absolute atomic E-state index is 11.6. The number of thioether (sulfide) groups is 1. The van der Waals surface area contributed by atoms with Crippen molar-refractivity contribution in [1.29, 1.82) is 0 Å². The number of amides is 1. The van der Waals surface area contributed by atoms with Crippen molar-refractivity contribution in [1.82, 2.24) is 9.88 Å². The standard InChI is InChI=1S/C15H18N2OS2/c1-13(18)17(12-15-4-2-10-20-15)9-3-11-19-14-5-7-16-8-6-14/h2,4-8,10H,3,9,11-12H2,1H3. The van der Waals surface area contributed by atoms with Crippen LogP contribution >= 0.6 is 23.1 Å². The van der Waals surface area contributed by atoms with Crippen LogP contribution in [-0.2, 0) is 11.3 Å². The third kappa shape index (κ3) is 4.98. The lowest BCUT2D eigenvalue weighted by Crippen LogP contribution is -2.29. The smallest absolute Gasteiger partial charge is 0.219 e. The van der Waals surface area contributed by atoms with Gasteiger partial charge in [0.05, 0.1) is 6.54 Å². The quantitative estimate of drug-likeness (QED) is 0.578. The summed E-state index contributed by atoms with van der Waals surface area (Å²) < 4.78 is 0. The maximum Gasteiger partial charge on any atom is 0.219 e. The van der Waals surface area contributed by atoms with Gasteiger partial charge in [0.1, 0.15) is 0 Å². The van der Waals surface area contributed by atoms with Gasteiger partial charge in [0.2, 0.25) is 5.91 Å². The van der Waals surface area contributed by atoms with Gasteiger partial charge in [-0.2, -0.15) is 0 Å². The Labute approximate surface area is 128 Å². The molecule has 106 valence electrons. The molecule has 2 aromatic rings. The second kappa shape index (κ2) is 8.07. The van der Waals surface area contributed by atoms with E-state index in [0.29, 0.717) is 0 Å². The molecule has 0 saturated carbocycles. The minimum Gasteiger partial charge on any atom is -0.338 e. The van der Waals surface area contributed by atoms with Crippen LogP contribution in [-0.4, -0.2) is 28.1 Å². The summed E-state index contributed by atoms with van der Waals surface area (Å²) in [6.07, 6.45) is 4.61. The highest BCUT2D eigenvalue weighted by atomic mass is 32.2. The molecule has 20 heavy (non-hydrogen) atoms. The van der Waals surface area contributed by atoms with Crippen LogP contribution in [0, 0.1) is 0 Å². The minimum absolute atomic E-state index is 0.146. The lowest BCUT2D eigenvalue weighted by Gasteiger charge is -2.20. The Morgan fingerprint density at radius 2 is 2.15 bits per heavy atom. The van der Waals surface area contributed by atoms with Gasteiger partial charge in [-0.15, -0.1) is 23.1 Å². The van der Waals surface area contributed by atoms with Crippen LogP contribution in [0.25, 0.3) is 0 Å². The van der Waals surface area contributed by atoms with E-state index in [1.54, 1.807) is 42.4 Å². The molecule has 0 atom stereocenters. The summed E-state index contributed by atoms with van der Waals surface area (Å²) in [5.74, 6) is 1.16. The molecule has 2 heterocycles. The van der Waals surface area contributed by atoms with Gasteiger partial charge in [0.15, 0.2) is 0 Å². The maximum atomic E-state index is 11.6. The molecule has 0 aromatic carbocycles. The molecule has 0 aliphatic heterocycles. The molecule has 0 aliphatic carbocycles. The van der Waals surface area contributed by atoms with Gasteiger partial charge in [0.25, 0.3) is 0 Å². The van der Waals surface area contributed by atoms with Crippen LogP contribution in [0.2, 0.25) is 0 Å². The number of aromatic nitrogens is 1. The number of nitrogens with zero attached hydrogens (tertiary/aromatic N) is 2. The van der Waals surface area contributed by atoms with Crippen molar-refractivity contribution in [2.24, 2.45) is 0 Å². The SMILES string of the molecule is CC(=O)N(CCCSc1ccncc1)Cc1cccs1. The lowest BCUT2D eigenvalue weighted by atomic mass is 10.3. The second-order valence-corrected chi connectivity index (χ2v) is 6.61. The molecule has 5 heteroatoms. The summed E-state index contributed by atoms with van der Waals surface area (Å²) in [5.41, 5.74) is 0. The fourth-order valence-corrected chi connectivity index (χ4v) is 3.36. The Balaban J connectivity index is 1.74. The molecule has 2 aromatic heterocycles. The zero-order valence-electron chi connectivity index (χ0n) is 11.5. The number of hydrogen-bond acceptors (Lipinski definition) is 4. The Morgan fingerprint density at radius 1 is 1.35 bits per heavy atom.